The number of nitrogens with zero attached hydrogens (tertiary/aromatic N) is 3. The van der Waals surface area contributed by atoms with Crippen molar-refractivity contribution in [1.82, 2.24) is 15.5 Å². The Labute approximate surface area is 214 Å². The molecule has 0 radical (unpaired) electrons. The molecule has 3 heterocycles. The molecule has 2 aliphatic heterocycles. The molecule has 0 amide bonds. The van der Waals surface area contributed by atoms with Gasteiger partial charge in [0, 0.05) is 45.3 Å². The van der Waals surface area contributed by atoms with Crippen molar-refractivity contribution in [3.05, 3.63) is 53.4 Å². The Morgan fingerprint density at radius 2 is 1.88 bits per heavy atom. The molecule has 4 rings (SSSR count). The molecule has 0 aliphatic carbocycles. The average Bonchev–Trinajstić information content (AvgIpc) is 3.50. The van der Waals surface area contributed by atoms with Gasteiger partial charge in [-0.3, -0.25) is 4.99 Å². The highest BCUT2D eigenvalue weighted by molar-refractivity contribution is 14.0. The number of hydrogen-bond donors (Lipinski definition) is 2. The number of halogens is 1. The van der Waals surface area contributed by atoms with E-state index in [1.165, 1.54) is 42.9 Å². The smallest absolute Gasteiger partial charge is 0.191 e. The van der Waals surface area contributed by atoms with Gasteiger partial charge in [-0.25, -0.2) is 0 Å². The van der Waals surface area contributed by atoms with E-state index in [0.717, 1.165) is 45.1 Å². The van der Waals surface area contributed by atoms with Crippen molar-refractivity contribution < 1.29 is 0 Å². The minimum absolute atomic E-state index is 0. The molecule has 5 nitrogen and oxygen atoms in total. The van der Waals surface area contributed by atoms with E-state index in [4.69, 9.17) is 4.99 Å². The molecule has 2 aromatic rings. The zero-order chi connectivity index (χ0) is 21.3. The van der Waals surface area contributed by atoms with Crippen LogP contribution >= 0.6 is 35.3 Å². The van der Waals surface area contributed by atoms with Crippen molar-refractivity contribution >= 4 is 46.3 Å². The van der Waals surface area contributed by atoms with Gasteiger partial charge in [0.1, 0.15) is 0 Å². The highest BCUT2D eigenvalue weighted by Crippen LogP contribution is 2.24. The van der Waals surface area contributed by atoms with Gasteiger partial charge >= 0.3 is 0 Å². The molecule has 1 unspecified atom stereocenters. The van der Waals surface area contributed by atoms with Crippen LogP contribution in [-0.4, -0.2) is 62.7 Å². The van der Waals surface area contributed by atoms with Crippen LogP contribution in [0.4, 0.5) is 5.00 Å². The molecular weight excluding hydrogens is 529 g/mol. The second-order valence-electron chi connectivity index (χ2n) is 8.77. The standard InChI is InChI=1S/C25H37N5S.HI/c1-2-26-25(28-23-12-16-30(17-13-23)24-9-6-18-31-24)27-19-22-11-15-29(20-22)14-10-21-7-4-3-5-8-21;/h3-9,18,22-23H,2,10-17,19-20H2,1H3,(H2,26,27,28);1H. The first-order valence-corrected chi connectivity index (χ1v) is 12.8. The number of benzene rings is 1. The van der Waals surface area contributed by atoms with Gasteiger partial charge in [-0.15, -0.1) is 35.3 Å². The summed E-state index contributed by atoms with van der Waals surface area (Å²) in [7, 11) is 0. The Kier molecular flexibility index (Phi) is 10.6. The molecule has 7 heteroatoms. The molecule has 0 bridgehead atoms. The maximum atomic E-state index is 4.97. The quantitative estimate of drug-likeness (QED) is 0.281. The monoisotopic (exact) mass is 567 g/mol. The Morgan fingerprint density at radius 3 is 2.59 bits per heavy atom. The number of thiophene rings is 1. The molecule has 1 aromatic carbocycles. The van der Waals surface area contributed by atoms with Gasteiger partial charge in [0.15, 0.2) is 5.96 Å². The van der Waals surface area contributed by atoms with Crippen LogP contribution in [-0.2, 0) is 6.42 Å². The fourth-order valence-electron chi connectivity index (χ4n) is 4.62. The second-order valence-corrected chi connectivity index (χ2v) is 9.69. The normalized spacial score (nSPS) is 20.2. The van der Waals surface area contributed by atoms with E-state index in [9.17, 15) is 0 Å². The van der Waals surface area contributed by atoms with Crippen LogP contribution in [0.5, 0.6) is 0 Å². The molecule has 2 fully saturated rings. The summed E-state index contributed by atoms with van der Waals surface area (Å²) >= 11 is 1.84. The van der Waals surface area contributed by atoms with Crippen molar-refractivity contribution in [3.8, 4) is 0 Å². The number of likely N-dealkylation sites (tertiary alicyclic amines) is 1. The summed E-state index contributed by atoms with van der Waals surface area (Å²) in [5, 5.41) is 10.7. The fraction of sp³-hybridized carbons (Fsp3) is 0.560. The lowest BCUT2D eigenvalue weighted by Crippen LogP contribution is -2.48. The van der Waals surface area contributed by atoms with Crippen molar-refractivity contribution in [2.24, 2.45) is 10.9 Å². The summed E-state index contributed by atoms with van der Waals surface area (Å²) in [6.45, 7) is 9.77. The lowest BCUT2D eigenvalue weighted by atomic mass is 10.1. The lowest BCUT2D eigenvalue weighted by molar-refractivity contribution is 0.329. The van der Waals surface area contributed by atoms with Gasteiger partial charge in [-0.2, -0.15) is 0 Å². The summed E-state index contributed by atoms with van der Waals surface area (Å²) in [6.07, 6.45) is 4.74. The largest absolute Gasteiger partial charge is 0.363 e. The molecule has 2 N–H and O–H groups in total. The van der Waals surface area contributed by atoms with Gasteiger partial charge in [0.2, 0.25) is 0 Å². The Morgan fingerprint density at radius 1 is 1.06 bits per heavy atom. The van der Waals surface area contributed by atoms with Crippen LogP contribution in [0.2, 0.25) is 0 Å². The summed E-state index contributed by atoms with van der Waals surface area (Å²) in [5.41, 5.74) is 1.44. The second kappa shape index (κ2) is 13.4. The maximum Gasteiger partial charge on any atom is 0.191 e. The predicted molar refractivity (Wildman–Crippen MR) is 149 cm³/mol. The van der Waals surface area contributed by atoms with E-state index in [1.807, 2.05) is 11.3 Å². The zero-order valence-electron chi connectivity index (χ0n) is 19.2. The topological polar surface area (TPSA) is 42.9 Å². The van der Waals surface area contributed by atoms with Gasteiger partial charge in [-0.05, 0) is 68.1 Å². The number of anilines is 1. The van der Waals surface area contributed by atoms with Gasteiger partial charge < -0.3 is 20.4 Å². The van der Waals surface area contributed by atoms with Gasteiger partial charge in [0.25, 0.3) is 0 Å². The molecule has 2 saturated heterocycles. The summed E-state index contributed by atoms with van der Waals surface area (Å²) in [4.78, 5) is 10.1. The highest BCUT2D eigenvalue weighted by Gasteiger charge is 2.23. The predicted octanol–water partition coefficient (Wildman–Crippen LogP) is 4.45. The fourth-order valence-corrected chi connectivity index (χ4v) is 5.41. The van der Waals surface area contributed by atoms with Crippen LogP contribution in [0, 0.1) is 5.92 Å². The minimum Gasteiger partial charge on any atom is -0.363 e. The van der Waals surface area contributed by atoms with E-state index in [1.54, 1.807) is 0 Å². The molecule has 32 heavy (non-hydrogen) atoms. The van der Waals surface area contributed by atoms with E-state index in [-0.39, 0.29) is 24.0 Å². The zero-order valence-corrected chi connectivity index (χ0v) is 22.4. The molecule has 1 atom stereocenters. The van der Waals surface area contributed by atoms with Crippen LogP contribution in [0.15, 0.2) is 52.8 Å². The highest BCUT2D eigenvalue weighted by atomic mass is 127. The van der Waals surface area contributed by atoms with E-state index in [0.29, 0.717) is 12.0 Å². The third-order valence-corrected chi connectivity index (χ3v) is 7.36. The molecule has 0 saturated carbocycles. The Balaban J connectivity index is 0.00000289. The van der Waals surface area contributed by atoms with Gasteiger partial charge in [-0.1, -0.05) is 30.3 Å². The number of aliphatic imine (C=N–C) groups is 1. The number of rotatable bonds is 8. The number of nitrogens with one attached hydrogen (secondary N) is 2. The van der Waals surface area contributed by atoms with Crippen LogP contribution in [0.3, 0.4) is 0 Å². The minimum atomic E-state index is 0. The maximum absolute atomic E-state index is 4.97. The van der Waals surface area contributed by atoms with Crippen LogP contribution in [0.1, 0.15) is 31.7 Å². The SMILES string of the molecule is CCNC(=NCC1CCN(CCc2ccccc2)C1)NC1CCN(c2cccs2)CC1.I. The molecule has 1 aromatic heterocycles. The molecule has 176 valence electrons. The third-order valence-electron chi connectivity index (χ3n) is 6.43. The first-order chi connectivity index (χ1) is 15.3. The lowest BCUT2D eigenvalue weighted by Gasteiger charge is -2.33. The number of piperidine rings is 1. The van der Waals surface area contributed by atoms with Crippen molar-refractivity contribution in [2.45, 2.75) is 38.6 Å². The molecule has 2 aliphatic rings. The van der Waals surface area contributed by atoms with Crippen LogP contribution < -0.4 is 15.5 Å². The number of hydrogen-bond acceptors (Lipinski definition) is 4. The van der Waals surface area contributed by atoms with Crippen LogP contribution in [0.25, 0.3) is 0 Å². The van der Waals surface area contributed by atoms with E-state index >= 15 is 0 Å². The van der Waals surface area contributed by atoms with Crippen molar-refractivity contribution in [2.75, 3.05) is 50.7 Å². The summed E-state index contributed by atoms with van der Waals surface area (Å²) in [5.74, 6) is 1.67. The molecular formula is C25H38IN5S. The van der Waals surface area contributed by atoms with Crippen molar-refractivity contribution in [3.63, 3.8) is 0 Å². The number of guanidine groups is 1. The first-order valence-electron chi connectivity index (χ1n) is 11.9. The summed E-state index contributed by atoms with van der Waals surface area (Å²) < 4.78 is 0. The molecule has 0 spiro atoms. The Hall–Kier alpha value is -1.32. The summed E-state index contributed by atoms with van der Waals surface area (Å²) in [6, 6.07) is 15.7. The first kappa shape index (κ1) is 25.3. The van der Waals surface area contributed by atoms with E-state index in [2.05, 4.69) is 75.2 Å². The third kappa shape index (κ3) is 7.63. The van der Waals surface area contributed by atoms with E-state index < -0.39 is 0 Å². The Bertz CT molecular complexity index is 790. The average molecular weight is 568 g/mol. The van der Waals surface area contributed by atoms with Gasteiger partial charge in [0.05, 0.1) is 5.00 Å². The van der Waals surface area contributed by atoms with Crippen molar-refractivity contribution in [1.29, 1.82) is 0 Å².